The van der Waals surface area contributed by atoms with Gasteiger partial charge in [-0.1, -0.05) is 146 Å². The first kappa shape index (κ1) is 33.1. The van der Waals surface area contributed by atoms with Crippen molar-refractivity contribution in [1.29, 1.82) is 0 Å². The number of benzene rings is 7. The third-order valence-corrected chi connectivity index (χ3v) is 16.4. The van der Waals surface area contributed by atoms with Crippen LogP contribution < -0.4 is 20.7 Å². The van der Waals surface area contributed by atoms with Crippen molar-refractivity contribution in [3.8, 4) is 22.9 Å². The van der Waals surface area contributed by atoms with Crippen LogP contribution in [0.4, 0.5) is 0 Å². The van der Waals surface area contributed by atoms with E-state index in [1.807, 2.05) is 24.7 Å². The molecule has 5 nitrogen and oxygen atoms in total. The van der Waals surface area contributed by atoms with Gasteiger partial charge < -0.3 is 9.13 Å². The standard InChI is InChI=1S/C51H37N5Si/c1-54-33-32-53-51(54)36-16-15-23-40(34-36)57(38-19-7-3-8-20-38,39-21-9-4-10-22-39)41-27-28-42-43-29-30-46-49(50(43)56(47(42)35-41)48-26-13-14-31-52-48)44-24-11-12-25-45(44)55(46)37-17-5-2-6-18-37/h2-35H,1H3. The van der Waals surface area contributed by atoms with Crippen LogP contribution in [-0.4, -0.2) is 31.7 Å². The first-order valence-electron chi connectivity index (χ1n) is 19.4. The zero-order chi connectivity index (χ0) is 37.9. The fourth-order valence-electron chi connectivity index (χ4n) is 9.28. The number of hydrogen-bond donors (Lipinski definition) is 0. The van der Waals surface area contributed by atoms with Gasteiger partial charge in [0.25, 0.3) is 0 Å². The number of imidazole rings is 1. The summed E-state index contributed by atoms with van der Waals surface area (Å²) in [6.07, 6.45) is 5.79. The number of fused-ring (bicyclic) bond motifs is 7. The van der Waals surface area contributed by atoms with E-state index in [9.17, 15) is 0 Å². The topological polar surface area (TPSA) is 40.6 Å². The molecule has 0 unspecified atom stereocenters. The summed E-state index contributed by atoms with van der Waals surface area (Å²) in [7, 11) is -0.901. The van der Waals surface area contributed by atoms with Crippen LogP contribution in [-0.2, 0) is 7.05 Å². The highest BCUT2D eigenvalue weighted by molar-refractivity contribution is 7.20. The number of para-hydroxylation sites is 2. The molecule has 7 aromatic carbocycles. The fraction of sp³-hybridized carbons (Fsp3) is 0.0196. The van der Waals surface area contributed by atoms with Crippen molar-refractivity contribution in [2.24, 2.45) is 7.05 Å². The van der Waals surface area contributed by atoms with Gasteiger partial charge in [-0.15, -0.1) is 0 Å². The predicted molar refractivity (Wildman–Crippen MR) is 239 cm³/mol. The molecule has 11 rings (SSSR count). The molecule has 0 radical (unpaired) electrons. The second kappa shape index (κ2) is 13.2. The van der Waals surface area contributed by atoms with E-state index in [2.05, 4.69) is 203 Å². The van der Waals surface area contributed by atoms with Crippen molar-refractivity contribution in [2.75, 3.05) is 0 Å². The Kier molecular flexibility index (Phi) is 7.65. The number of nitrogens with zero attached hydrogens (tertiary/aromatic N) is 5. The summed E-state index contributed by atoms with van der Waals surface area (Å²) in [6, 6.07) is 69.0. The quantitative estimate of drug-likeness (QED) is 0.121. The van der Waals surface area contributed by atoms with E-state index < -0.39 is 8.07 Å². The van der Waals surface area contributed by atoms with E-state index in [4.69, 9.17) is 9.97 Å². The Morgan fingerprint density at radius 1 is 0.439 bits per heavy atom. The lowest BCUT2D eigenvalue weighted by atomic mass is 10.1. The molecule has 4 aromatic heterocycles. The van der Waals surface area contributed by atoms with Gasteiger partial charge in [0.05, 0.1) is 22.1 Å². The zero-order valence-corrected chi connectivity index (χ0v) is 32.4. The van der Waals surface area contributed by atoms with Gasteiger partial charge in [-0.2, -0.15) is 0 Å². The smallest absolute Gasteiger partial charge is 0.179 e. The molecule has 0 bridgehead atoms. The van der Waals surface area contributed by atoms with Gasteiger partial charge >= 0.3 is 0 Å². The average Bonchev–Trinajstić information content (AvgIpc) is 3.97. The Labute approximate surface area is 331 Å². The maximum Gasteiger partial charge on any atom is 0.179 e. The van der Waals surface area contributed by atoms with Crippen molar-refractivity contribution < 1.29 is 0 Å². The van der Waals surface area contributed by atoms with Crippen LogP contribution >= 0.6 is 0 Å². The molecule has 270 valence electrons. The van der Waals surface area contributed by atoms with Crippen LogP contribution in [0.2, 0.25) is 0 Å². The molecule has 6 heteroatoms. The molecule has 4 heterocycles. The molecule has 11 aromatic rings. The van der Waals surface area contributed by atoms with Crippen molar-refractivity contribution in [3.05, 3.63) is 207 Å². The van der Waals surface area contributed by atoms with E-state index >= 15 is 0 Å². The van der Waals surface area contributed by atoms with Gasteiger partial charge in [0, 0.05) is 58.4 Å². The Balaban J connectivity index is 1.29. The number of rotatable bonds is 7. The summed E-state index contributed by atoms with van der Waals surface area (Å²) in [5.41, 5.74) is 6.88. The molecule has 0 saturated heterocycles. The van der Waals surface area contributed by atoms with Gasteiger partial charge in [0.2, 0.25) is 0 Å². The van der Waals surface area contributed by atoms with Gasteiger partial charge in [-0.25, -0.2) is 9.97 Å². The lowest BCUT2D eigenvalue weighted by molar-refractivity contribution is 0.925. The highest BCUT2D eigenvalue weighted by Crippen LogP contribution is 2.41. The second-order valence-electron chi connectivity index (χ2n) is 14.7. The first-order valence-corrected chi connectivity index (χ1v) is 21.4. The van der Waals surface area contributed by atoms with Crippen molar-refractivity contribution in [2.45, 2.75) is 0 Å². The molecule has 0 amide bonds. The molecular formula is C51H37N5Si. The largest absolute Gasteiger partial charge is 0.334 e. The normalized spacial score (nSPS) is 11.9. The minimum absolute atomic E-state index is 0.891. The Morgan fingerprint density at radius 3 is 1.82 bits per heavy atom. The summed E-state index contributed by atoms with van der Waals surface area (Å²) in [4.78, 5) is 9.82. The minimum atomic E-state index is -2.96. The maximum absolute atomic E-state index is 5.05. The summed E-state index contributed by atoms with van der Waals surface area (Å²) in [5, 5.41) is 10.1. The third kappa shape index (κ3) is 5.01. The summed E-state index contributed by atoms with van der Waals surface area (Å²) >= 11 is 0. The highest BCUT2D eigenvalue weighted by Gasteiger charge is 2.42. The molecule has 0 aliphatic carbocycles. The van der Waals surface area contributed by atoms with E-state index in [1.165, 1.54) is 53.3 Å². The molecule has 0 aliphatic heterocycles. The lowest BCUT2D eigenvalue weighted by Crippen LogP contribution is -2.74. The van der Waals surface area contributed by atoms with Crippen molar-refractivity contribution in [3.63, 3.8) is 0 Å². The Hall–Kier alpha value is -7.28. The minimum Gasteiger partial charge on any atom is -0.334 e. The molecule has 0 saturated carbocycles. The number of aromatic nitrogens is 5. The molecule has 0 atom stereocenters. The number of pyridine rings is 1. The van der Waals surface area contributed by atoms with E-state index in [1.54, 1.807) is 0 Å². The molecule has 0 N–H and O–H groups in total. The SMILES string of the molecule is Cn1ccnc1-c1cccc([Si](c2ccccc2)(c2ccccc2)c2ccc3c4ccc5c(c6ccccc6n5-c5ccccc5)c4n(-c4ccccn4)c3c2)c1. The molecule has 57 heavy (non-hydrogen) atoms. The molecule has 0 spiro atoms. The highest BCUT2D eigenvalue weighted by atomic mass is 28.3. The van der Waals surface area contributed by atoms with Crippen LogP contribution in [0, 0.1) is 0 Å². The Morgan fingerprint density at radius 2 is 1.11 bits per heavy atom. The van der Waals surface area contributed by atoms with E-state index in [-0.39, 0.29) is 0 Å². The Bertz CT molecular complexity index is 3200. The summed E-state index contributed by atoms with van der Waals surface area (Å²) in [5.74, 6) is 1.84. The van der Waals surface area contributed by atoms with Crippen LogP contribution in [0.3, 0.4) is 0 Å². The van der Waals surface area contributed by atoms with Crippen molar-refractivity contribution >= 4 is 72.4 Å². The first-order chi connectivity index (χ1) is 28.2. The molecular weight excluding hydrogens is 711 g/mol. The number of hydrogen-bond acceptors (Lipinski definition) is 2. The average molecular weight is 748 g/mol. The monoisotopic (exact) mass is 747 g/mol. The van der Waals surface area contributed by atoms with E-state index in [0.717, 1.165) is 33.9 Å². The van der Waals surface area contributed by atoms with Crippen LogP contribution in [0.5, 0.6) is 0 Å². The second-order valence-corrected chi connectivity index (χ2v) is 18.5. The lowest BCUT2D eigenvalue weighted by Gasteiger charge is -2.34. The molecule has 0 fully saturated rings. The van der Waals surface area contributed by atoms with Crippen LogP contribution in [0.1, 0.15) is 0 Å². The summed E-state index contributed by atoms with van der Waals surface area (Å²) < 4.78 is 6.91. The fourth-order valence-corrected chi connectivity index (χ4v) is 14.1. The van der Waals surface area contributed by atoms with E-state index in [0.29, 0.717) is 0 Å². The summed E-state index contributed by atoms with van der Waals surface area (Å²) in [6.45, 7) is 0. The van der Waals surface area contributed by atoms with Gasteiger partial charge in [-0.05, 0) is 63.2 Å². The predicted octanol–water partition coefficient (Wildman–Crippen LogP) is 9.05. The van der Waals surface area contributed by atoms with Crippen LogP contribution in [0.15, 0.2) is 207 Å². The zero-order valence-electron chi connectivity index (χ0n) is 31.4. The van der Waals surface area contributed by atoms with Crippen LogP contribution in [0.25, 0.3) is 66.5 Å². The maximum atomic E-state index is 5.05. The number of aryl methyl sites for hydroxylation is 1. The third-order valence-electron chi connectivity index (χ3n) is 11.7. The molecule has 0 aliphatic rings. The van der Waals surface area contributed by atoms with Crippen molar-refractivity contribution in [1.82, 2.24) is 23.7 Å². The van der Waals surface area contributed by atoms with Gasteiger partial charge in [-0.3, -0.25) is 4.57 Å². The van der Waals surface area contributed by atoms with Gasteiger partial charge in [0.1, 0.15) is 11.6 Å². The van der Waals surface area contributed by atoms with Gasteiger partial charge in [0.15, 0.2) is 8.07 Å².